The van der Waals surface area contributed by atoms with Crippen LogP contribution in [0.2, 0.25) is 0 Å². The highest BCUT2D eigenvalue weighted by molar-refractivity contribution is 5.35. The molecule has 5 heteroatoms. The summed E-state index contributed by atoms with van der Waals surface area (Å²) in [6.07, 6.45) is -2.26. The second-order valence-corrected chi connectivity index (χ2v) is 4.49. The van der Waals surface area contributed by atoms with E-state index in [0.717, 1.165) is 18.9 Å². The Labute approximate surface area is 112 Å². The lowest BCUT2D eigenvalue weighted by atomic mass is 10.2. The SMILES string of the molecule is CCCC(C)NCCOc1ccccc1C(F)(F)F. The number of halogens is 3. The highest BCUT2D eigenvalue weighted by Crippen LogP contribution is 2.35. The van der Waals surface area contributed by atoms with Gasteiger partial charge in [0.15, 0.2) is 0 Å². The average molecular weight is 275 g/mol. The van der Waals surface area contributed by atoms with Gasteiger partial charge in [-0.05, 0) is 25.5 Å². The van der Waals surface area contributed by atoms with E-state index in [4.69, 9.17) is 4.74 Å². The normalized spacial score (nSPS) is 13.3. The summed E-state index contributed by atoms with van der Waals surface area (Å²) in [5.41, 5.74) is -0.725. The van der Waals surface area contributed by atoms with Gasteiger partial charge in [-0.2, -0.15) is 13.2 Å². The molecule has 1 aromatic carbocycles. The second kappa shape index (κ2) is 7.38. The molecule has 0 amide bonds. The molecule has 0 aliphatic rings. The minimum Gasteiger partial charge on any atom is -0.492 e. The van der Waals surface area contributed by atoms with Crippen LogP contribution in [0.3, 0.4) is 0 Å². The molecule has 108 valence electrons. The van der Waals surface area contributed by atoms with Crippen LogP contribution in [0.1, 0.15) is 32.3 Å². The van der Waals surface area contributed by atoms with Gasteiger partial charge in [-0.1, -0.05) is 25.5 Å². The van der Waals surface area contributed by atoms with Crippen LogP contribution in [-0.2, 0) is 6.18 Å². The first kappa shape index (κ1) is 15.8. The average Bonchev–Trinajstić information content (AvgIpc) is 2.34. The molecule has 1 rings (SSSR count). The van der Waals surface area contributed by atoms with E-state index in [9.17, 15) is 13.2 Å². The second-order valence-electron chi connectivity index (χ2n) is 4.49. The molecule has 1 unspecified atom stereocenters. The Morgan fingerprint density at radius 2 is 1.95 bits per heavy atom. The fourth-order valence-electron chi connectivity index (χ4n) is 1.83. The Morgan fingerprint density at radius 1 is 1.26 bits per heavy atom. The Hall–Kier alpha value is -1.23. The molecular formula is C14H20F3NO. The third-order valence-corrected chi connectivity index (χ3v) is 2.77. The smallest absolute Gasteiger partial charge is 0.419 e. The van der Waals surface area contributed by atoms with Crippen molar-refractivity contribution in [3.05, 3.63) is 29.8 Å². The number of nitrogens with one attached hydrogen (secondary N) is 1. The summed E-state index contributed by atoms with van der Waals surface area (Å²) in [5.74, 6) is -0.111. The molecule has 0 spiro atoms. The van der Waals surface area contributed by atoms with Crippen molar-refractivity contribution >= 4 is 0 Å². The standard InChI is InChI=1S/C14H20F3NO/c1-3-6-11(2)18-9-10-19-13-8-5-4-7-12(13)14(15,16)17/h4-5,7-8,11,18H,3,6,9-10H2,1-2H3. The van der Waals surface area contributed by atoms with Gasteiger partial charge in [0, 0.05) is 12.6 Å². The number of benzene rings is 1. The van der Waals surface area contributed by atoms with Gasteiger partial charge in [-0.25, -0.2) is 0 Å². The molecule has 1 atom stereocenters. The van der Waals surface area contributed by atoms with Crippen LogP contribution < -0.4 is 10.1 Å². The van der Waals surface area contributed by atoms with Gasteiger partial charge in [0.2, 0.25) is 0 Å². The van der Waals surface area contributed by atoms with Crippen molar-refractivity contribution in [2.75, 3.05) is 13.2 Å². The lowest BCUT2D eigenvalue weighted by molar-refractivity contribution is -0.138. The molecule has 0 radical (unpaired) electrons. The van der Waals surface area contributed by atoms with E-state index >= 15 is 0 Å². The number of hydrogen-bond acceptors (Lipinski definition) is 2. The van der Waals surface area contributed by atoms with E-state index in [0.29, 0.717) is 12.6 Å². The number of rotatable bonds is 7. The van der Waals surface area contributed by atoms with Gasteiger partial charge < -0.3 is 10.1 Å². The predicted octanol–water partition coefficient (Wildman–Crippen LogP) is 3.86. The lowest BCUT2D eigenvalue weighted by Crippen LogP contribution is -2.30. The highest BCUT2D eigenvalue weighted by atomic mass is 19.4. The number of hydrogen-bond donors (Lipinski definition) is 1. The summed E-state index contributed by atoms with van der Waals surface area (Å²) in [6, 6.07) is 5.63. The molecule has 0 saturated carbocycles. The summed E-state index contributed by atoms with van der Waals surface area (Å²) >= 11 is 0. The summed E-state index contributed by atoms with van der Waals surface area (Å²) in [6.45, 7) is 4.90. The van der Waals surface area contributed by atoms with E-state index < -0.39 is 11.7 Å². The monoisotopic (exact) mass is 275 g/mol. The molecule has 1 aromatic rings. The first-order valence-corrected chi connectivity index (χ1v) is 6.47. The van der Waals surface area contributed by atoms with Gasteiger partial charge in [-0.15, -0.1) is 0 Å². The summed E-state index contributed by atoms with van der Waals surface area (Å²) < 4.78 is 43.3. The van der Waals surface area contributed by atoms with Gasteiger partial charge in [-0.3, -0.25) is 0 Å². The largest absolute Gasteiger partial charge is 0.492 e. The van der Waals surface area contributed by atoms with Crippen LogP contribution in [0.4, 0.5) is 13.2 Å². The minimum absolute atomic E-state index is 0.111. The number of ether oxygens (including phenoxy) is 1. The van der Waals surface area contributed by atoms with Gasteiger partial charge in [0.05, 0.1) is 5.56 Å². The van der Waals surface area contributed by atoms with Crippen molar-refractivity contribution in [3.8, 4) is 5.75 Å². The Morgan fingerprint density at radius 3 is 2.58 bits per heavy atom. The molecule has 1 N–H and O–H groups in total. The fourth-order valence-corrected chi connectivity index (χ4v) is 1.83. The van der Waals surface area contributed by atoms with Gasteiger partial charge >= 0.3 is 6.18 Å². The van der Waals surface area contributed by atoms with E-state index in [1.165, 1.54) is 18.2 Å². The first-order chi connectivity index (χ1) is 8.95. The van der Waals surface area contributed by atoms with E-state index in [1.807, 2.05) is 6.92 Å². The maximum Gasteiger partial charge on any atom is 0.419 e. The van der Waals surface area contributed by atoms with Crippen molar-refractivity contribution in [1.29, 1.82) is 0 Å². The van der Waals surface area contributed by atoms with Crippen molar-refractivity contribution in [2.45, 2.75) is 38.9 Å². The van der Waals surface area contributed by atoms with Crippen LogP contribution in [0.5, 0.6) is 5.75 Å². The van der Waals surface area contributed by atoms with Crippen molar-refractivity contribution in [2.24, 2.45) is 0 Å². The predicted molar refractivity (Wildman–Crippen MR) is 69.3 cm³/mol. The molecule has 0 heterocycles. The zero-order valence-corrected chi connectivity index (χ0v) is 11.3. The van der Waals surface area contributed by atoms with E-state index in [-0.39, 0.29) is 12.4 Å². The first-order valence-electron chi connectivity index (χ1n) is 6.47. The highest BCUT2D eigenvalue weighted by Gasteiger charge is 2.33. The van der Waals surface area contributed by atoms with Gasteiger partial charge in [0.25, 0.3) is 0 Å². The van der Waals surface area contributed by atoms with Crippen LogP contribution in [0.15, 0.2) is 24.3 Å². The van der Waals surface area contributed by atoms with Crippen molar-refractivity contribution in [3.63, 3.8) is 0 Å². The molecule has 0 bridgehead atoms. The number of para-hydroxylation sites is 1. The third kappa shape index (κ3) is 5.51. The molecule has 0 fully saturated rings. The maximum atomic E-state index is 12.7. The minimum atomic E-state index is -4.38. The zero-order chi connectivity index (χ0) is 14.3. The van der Waals surface area contributed by atoms with Crippen LogP contribution in [0, 0.1) is 0 Å². The third-order valence-electron chi connectivity index (χ3n) is 2.77. The zero-order valence-electron chi connectivity index (χ0n) is 11.3. The van der Waals surface area contributed by atoms with E-state index in [2.05, 4.69) is 12.2 Å². The lowest BCUT2D eigenvalue weighted by Gasteiger charge is -2.15. The molecule has 19 heavy (non-hydrogen) atoms. The van der Waals surface area contributed by atoms with Crippen molar-refractivity contribution in [1.82, 2.24) is 5.32 Å². The number of alkyl halides is 3. The van der Waals surface area contributed by atoms with E-state index in [1.54, 1.807) is 0 Å². The van der Waals surface area contributed by atoms with Gasteiger partial charge in [0.1, 0.15) is 12.4 Å². The molecule has 0 aromatic heterocycles. The Kier molecular flexibility index (Phi) is 6.15. The Bertz CT molecular complexity index is 379. The topological polar surface area (TPSA) is 21.3 Å². The Balaban J connectivity index is 2.46. The fraction of sp³-hybridized carbons (Fsp3) is 0.571. The van der Waals surface area contributed by atoms with Crippen LogP contribution in [0.25, 0.3) is 0 Å². The van der Waals surface area contributed by atoms with Crippen LogP contribution >= 0.6 is 0 Å². The molecule has 2 nitrogen and oxygen atoms in total. The maximum absolute atomic E-state index is 12.7. The molecule has 0 saturated heterocycles. The van der Waals surface area contributed by atoms with Crippen molar-refractivity contribution < 1.29 is 17.9 Å². The quantitative estimate of drug-likeness (QED) is 0.763. The molecule has 0 aliphatic carbocycles. The molecule has 0 aliphatic heterocycles. The molecular weight excluding hydrogens is 255 g/mol. The van der Waals surface area contributed by atoms with Crippen LogP contribution in [-0.4, -0.2) is 19.2 Å². The summed E-state index contributed by atoms with van der Waals surface area (Å²) in [4.78, 5) is 0. The summed E-state index contributed by atoms with van der Waals surface area (Å²) in [7, 11) is 0. The summed E-state index contributed by atoms with van der Waals surface area (Å²) in [5, 5.41) is 3.21.